The molecular formula is C16H24IN5S2. The third-order valence-electron chi connectivity index (χ3n) is 3.96. The van der Waals surface area contributed by atoms with Crippen LogP contribution >= 0.6 is 46.7 Å². The number of rotatable bonds is 4. The van der Waals surface area contributed by atoms with Crippen LogP contribution in [0.1, 0.15) is 16.8 Å². The molecule has 0 radical (unpaired) electrons. The topological polar surface area (TPSA) is 43.8 Å². The number of thiophene rings is 1. The van der Waals surface area contributed by atoms with Crippen molar-refractivity contribution in [3.8, 4) is 0 Å². The molecule has 0 unspecified atom stereocenters. The maximum absolute atomic E-state index is 4.46. The fourth-order valence-electron chi connectivity index (χ4n) is 2.67. The highest BCUT2D eigenvalue weighted by Crippen LogP contribution is 2.22. The lowest BCUT2D eigenvalue weighted by Gasteiger charge is -2.36. The lowest BCUT2D eigenvalue weighted by Crippen LogP contribution is -2.52. The summed E-state index contributed by atoms with van der Waals surface area (Å²) in [5.41, 5.74) is 0. The Morgan fingerprint density at radius 3 is 2.71 bits per heavy atom. The lowest BCUT2D eigenvalue weighted by atomic mass is 10.3. The van der Waals surface area contributed by atoms with Crippen molar-refractivity contribution in [2.45, 2.75) is 19.9 Å². The number of aromatic nitrogens is 1. The van der Waals surface area contributed by atoms with E-state index in [0.717, 1.165) is 50.1 Å². The molecule has 0 saturated carbocycles. The molecule has 2 aromatic rings. The van der Waals surface area contributed by atoms with Crippen molar-refractivity contribution in [3.63, 3.8) is 0 Å². The van der Waals surface area contributed by atoms with Gasteiger partial charge in [0.1, 0.15) is 5.01 Å². The van der Waals surface area contributed by atoms with E-state index in [-0.39, 0.29) is 24.0 Å². The number of aliphatic imine (C=N–C) groups is 1. The number of nitrogens with zero attached hydrogens (tertiary/aromatic N) is 4. The SMILES string of the molecule is CCc1cnc(CNC(=NC)N2CCN(c3cccs3)CC2)s1.I. The van der Waals surface area contributed by atoms with Crippen LogP contribution in [0.3, 0.4) is 0 Å². The van der Waals surface area contributed by atoms with E-state index in [1.165, 1.54) is 9.88 Å². The van der Waals surface area contributed by atoms with Crippen molar-refractivity contribution in [1.29, 1.82) is 0 Å². The molecule has 132 valence electrons. The van der Waals surface area contributed by atoms with E-state index in [4.69, 9.17) is 0 Å². The van der Waals surface area contributed by atoms with Crippen LogP contribution in [0.5, 0.6) is 0 Å². The smallest absolute Gasteiger partial charge is 0.194 e. The molecule has 8 heteroatoms. The van der Waals surface area contributed by atoms with Gasteiger partial charge in [0, 0.05) is 44.3 Å². The van der Waals surface area contributed by atoms with Gasteiger partial charge in [0.2, 0.25) is 0 Å². The fourth-order valence-corrected chi connectivity index (χ4v) is 4.26. The standard InChI is InChI=1S/C16H23N5S2.HI/c1-3-13-11-18-14(23-13)12-19-16(17-2)21-8-6-20(7-9-21)15-5-4-10-22-15;/h4-5,10-11H,3,6-9,12H2,1-2H3,(H,17,19);1H. The minimum atomic E-state index is 0. The third kappa shape index (κ3) is 4.82. The van der Waals surface area contributed by atoms with E-state index in [0.29, 0.717) is 0 Å². The van der Waals surface area contributed by atoms with Crippen LogP contribution in [0, 0.1) is 0 Å². The van der Waals surface area contributed by atoms with Crippen LogP contribution in [-0.4, -0.2) is 49.1 Å². The van der Waals surface area contributed by atoms with Gasteiger partial charge < -0.3 is 15.1 Å². The average Bonchev–Trinajstić information content (AvgIpc) is 3.28. The van der Waals surface area contributed by atoms with Crippen LogP contribution in [0.4, 0.5) is 5.00 Å². The Bertz CT molecular complexity index is 633. The molecule has 0 bridgehead atoms. The molecule has 0 aromatic carbocycles. The van der Waals surface area contributed by atoms with Gasteiger partial charge in [0.05, 0.1) is 11.5 Å². The molecule has 1 aliphatic heterocycles. The Morgan fingerprint density at radius 1 is 1.33 bits per heavy atom. The van der Waals surface area contributed by atoms with Crippen LogP contribution in [0.15, 0.2) is 28.7 Å². The Balaban J connectivity index is 0.00000208. The van der Waals surface area contributed by atoms with Crippen LogP contribution in [-0.2, 0) is 13.0 Å². The maximum atomic E-state index is 4.46. The molecule has 3 rings (SSSR count). The molecule has 2 aromatic heterocycles. The number of aryl methyl sites for hydroxylation is 1. The molecular weight excluding hydrogens is 453 g/mol. The number of guanidine groups is 1. The number of halogens is 1. The predicted octanol–water partition coefficient (Wildman–Crippen LogP) is 3.28. The summed E-state index contributed by atoms with van der Waals surface area (Å²) in [6.45, 7) is 6.99. The van der Waals surface area contributed by atoms with Crippen LogP contribution in [0.2, 0.25) is 0 Å². The van der Waals surface area contributed by atoms with Crippen LogP contribution in [0.25, 0.3) is 0 Å². The monoisotopic (exact) mass is 477 g/mol. The van der Waals surface area contributed by atoms with E-state index in [2.05, 4.69) is 49.5 Å². The largest absolute Gasteiger partial charge is 0.360 e. The van der Waals surface area contributed by atoms with Gasteiger partial charge >= 0.3 is 0 Å². The van der Waals surface area contributed by atoms with Gasteiger partial charge in [0.15, 0.2) is 5.96 Å². The second-order valence-electron chi connectivity index (χ2n) is 5.40. The molecule has 0 spiro atoms. The van der Waals surface area contributed by atoms with E-state index >= 15 is 0 Å². The molecule has 24 heavy (non-hydrogen) atoms. The number of nitrogens with one attached hydrogen (secondary N) is 1. The number of thiazole rings is 1. The van der Waals surface area contributed by atoms with E-state index in [9.17, 15) is 0 Å². The van der Waals surface area contributed by atoms with Gasteiger partial charge in [-0.3, -0.25) is 4.99 Å². The Hall–Kier alpha value is -0.870. The summed E-state index contributed by atoms with van der Waals surface area (Å²) in [6, 6.07) is 4.31. The summed E-state index contributed by atoms with van der Waals surface area (Å²) < 4.78 is 0. The number of piperazine rings is 1. The first-order valence-corrected chi connectivity index (χ1v) is 9.67. The molecule has 5 nitrogen and oxygen atoms in total. The van der Waals surface area contributed by atoms with Gasteiger partial charge in [-0.2, -0.15) is 0 Å². The van der Waals surface area contributed by atoms with Crippen molar-refractivity contribution in [2.24, 2.45) is 4.99 Å². The first-order chi connectivity index (χ1) is 11.3. The molecule has 1 aliphatic rings. The Morgan fingerprint density at radius 2 is 2.12 bits per heavy atom. The average molecular weight is 477 g/mol. The Kier molecular flexibility index (Phi) is 7.76. The quantitative estimate of drug-likeness (QED) is 0.417. The van der Waals surface area contributed by atoms with Crippen LogP contribution < -0.4 is 10.2 Å². The molecule has 1 N–H and O–H groups in total. The van der Waals surface area contributed by atoms with Crippen molar-refractivity contribution < 1.29 is 0 Å². The highest BCUT2D eigenvalue weighted by atomic mass is 127. The van der Waals surface area contributed by atoms with E-state index in [1.807, 2.05) is 24.6 Å². The van der Waals surface area contributed by atoms with Gasteiger partial charge in [-0.25, -0.2) is 4.98 Å². The second kappa shape index (κ2) is 9.57. The summed E-state index contributed by atoms with van der Waals surface area (Å²) in [4.78, 5) is 15.0. The summed E-state index contributed by atoms with van der Waals surface area (Å²) in [7, 11) is 1.85. The van der Waals surface area contributed by atoms with E-state index < -0.39 is 0 Å². The first-order valence-electron chi connectivity index (χ1n) is 7.97. The van der Waals surface area contributed by atoms with E-state index in [1.54, 1.807) is 11.3 Å². The highest BCUT2D eigenvalue weighted by molar-refractivity contribution is 14.0. The molecule has 0 amide bonds. The van der Waals surface area contributed by atoms with Gasteiger partial charge in [-0.1, -0.05) is 6.92 Å². The Labute approximate surface area is 168 Å². The normalized spacial score (nSPS) is 15.3. The van der Waals surface area contributed by atoms with Crippen molar-refractivity contribution >= 4 is 57.6 Å². The zero-order chi connectivity index (χ0) is 16.1. The molecule has 3 heterocycles. The summed E-state index contributed by atoms with van der Waals surface area (Å²) >= 11 is 3.59. The predicted molar refractivity (Wildman–Crippen MR) is 115 cm³/mol. The minimum absolute atomic E-state index is 0. The maximum Gasteiger partial charge on any atom is 0.194 e. The molecule has 1 fully saturated rings. The minimum Gasteiger partial charge on any atom is -0.360 e. The third-order valence-corrected chi connectivity index (χ3v) is 6.03. The molecule has 0 atom stereocenters. The summed E-state index contributed by atoms with van der Waals surface area (Å²) in [5.74, 6) is 0.976. The highest BCUT2D eigenvalue weighted by Gasteiger charge is 2.20. The zero-order valence-corrected chi connectivity index (χ0v) is 18.0. The summed E-state index contributed by atoms with van der Waals surface area (Å²) in [6.07, 6.45) is 3.03. The van der Waals surface area contributed by atoms with Gasteiger partial charge in [-0.15, -0.1) is 46.7 Å². The fraction of sp³-hybridized carbons (Fsp3) is 0.500. The summed E-state index contributed by atoms with van der Waals surface area (Å²) in [5, 5.41) is 8.08. The lowest BCUT2D eigenvalue weighted by molar-refractivity contribution is 0.373. The van der Waals surface area contributed by atoms with Gasteiger partial charge in [0.25, 0.3) is 0 Å². The number of hydrogen-bond acceptors (Lipinski definition) is 5. The van der Waals surface area contributed by atoms with Crippen molar-refractivity contribution in [2.75, 3.05) is 38.1 Å². The molecule has 0 aliphatic carbocycles. The van der Waals surface area contributed by atoms with Crippen molar-refractivity contribution in [1.82, 2.24) is 15.2 Å². The van der Waals surface area contributed by atoms with Gasteiger partial charge in [-0.05, 0) is 23.9 Å². The first kappa shape index (κ1) is 19.5. The molecule has 1 saturated heterocycles. The number of anilines is 1. The zero-order valence-electron chi connectivity index (χ0n) is 14.1. The second-order valence-corrected chi connectivity index (χ2v) is 7.53. The number of hydrogen-bond donors (Lipinski definition) is 1. The van der Waals surface area contributed by atoms with Crippen molar-refractivity contribution in [3.05, 3.63) is 33.6 Å².